The third-order valence-corrected chi connectivity index (χ3v) is 1.88. The Morgan fingerprint density at radius 3 is 2.85 bits per heavy atom. The number of hydrogen-bond donors (Lipinski definition) is 0. The van der Waals surface area contributed by atoms with Crippen molar-refractivity contribution in [2.45, 2.75) is 0 Å². The number of hydrogen-bond acceptors (Lipinski definition) is 3. The smallest absolute Gasteiger partial charge is 0.273 e. The molecule has 0 bridgehead atoms. The number of rotatable bonds is 3. The van der Waals surface area contributed by atoms with E-state index in [4.69, 9.17) is 16.3 Å². The van der Waals surface area contributed by atoms with Crippen LogP contribution in [0.25, 0.3) is 0 Å². The molecular formula is C7H5BrClNO3. The van der Waals surface area contributed by atoms with E-state index in [9.17, 15) is 10.1 Å². The van der Waals surface area contributed by atoms with Gasteiger partial charge < -0.3 is 4.74 Å². The van der Waals surface area contributed by atoms with Crippen molar-refractivity contribution in [2.75, 3.05) is 5.52 Å². The zero-order valence-corrected chi connectivity index (χ0v) is 8.71. The Labute approximate surface area is 87.7 Å². The van der Waals surface area contributed by atoms with Crippen LogP contribution in [0.3, 0.4) is 0 Å². The van der Waals surface area contributed by atoms with Gasteiger partial charge >= 0.3 is 0 Å². The lowest BCUT2D eigenvalue weighted by atomic mass is 10.3. The standard InChI is InChI=1S/C7H5BrClNO3/c8-4-13-7-3-5(10(11)12)1-2-6(7)9/h1-3H,4H2. The Morgan fingerprint density at radius 1 is 1.62 bits per heavy atom. The van der Waals surface area contributed by atoms with E-state index in [0.717, 1.165) is 0 Å². The number of nitro groups is 1. The number of ether oxygens (including phenoxy) is 1. The second kappa shape index (κ2) is 4.43. The SMILES string of the molecule is O=[N+]([O-])c1ccc(Cl)c(OCBr)c1. The van der Waals surface area contributed by atoms with Crippen molar-refractivity contribution in [1.82, 2.24) is 0 Å². The summed E-state index contributed by atoms with van der Waals surface area (Å²) < 4.78 is 5.01. The van der Waals surface area contributed by atoms with Crippen molar-refractivity contribution in [2.24, 2.45) is 0 Å². The molecule has 0 aliphatic heterocycles. The summed E-state index contributed by atoms with van der Waals surface area (Å²) in [6, 6.07) is 4.03. The highest BCUT2D eigenvalue weighted by atomic mass is 79.9. The molecule has 0 amide bonds. The van der Waals surface area contributed by atoms with Crippen molar-refractivity contribution in [3.63, 3.8) is 0 Å². The van der Waals surface area contributed by atoms with Crippen LogP contribution < -0.4 is 4.74 Å². The maximum atomic E-state index is 10.4. The molecule has 1 rings (SSSR count). The molecular weight excluding hydrogens is 261 g/mol. The predicted molar refractivity (Wildman–Crippen MR) is 52.5 cm³/mol. The Bertz CT molecular complexity index is 332. The highest BCUT2D eigenvalue weighted by Crippen LogP contribution is 2.28. The maximum Gasteiger partial charge on any atom is 0.273 e. The molecule has 6 heteroatoms. The molecule has 0 radical (unpaired) electrons. The first-order chi connectivity index (χ1) is 6.15. The minimum atomic E-state index is -0.503. The van der Waals surface area contributed by atoms with E-state index in [1.165, 1.54) is 18.2 Å². The number of nitrogens with zero attached hydrogens (tertiary/aromatic N) is 1. The molecule has 0 heterocycles. The summed E-state index contributed by atoms with van der Waals surface area (Å²) in [5.41, 5.74) is 0.203. The van der Waals surface area contributed by atoms with Gasteiger partial charge in [-0.05, 0) is 22.0 Å². The average molecular weight is 266 g/mol. The summed E-state index contributed by atoms with van der Waals surface area (Å²) in [6.45, 7) is 0. The molecule has 13 heavy (non-hydrogen) atoms. The summed E-state index contributed by atoms with van der Waals surface area (Å²) in [4.78, 5) is 9.86. The minimum absolute atomic E-state index is 0.0413. The monoisotopic (exact) mass is 265 g/mol. The van der Waals surface area contributed by atoms with Crippen molar-refractivity contribution in [3.05, 3.63) is 33.3 Å². The molecule has 0 saturated carbocycles. The van der Waals surface area contributed by atoms with Crippen LogP contribution in [0.1, 0.15) is 0 Å². The van der Waals surface area contributed by atoms with Gasteiger partial charge in [-0.25, -0.2) is 0 Å². The third-order valence-electron chi connectivity index (χ3n) is 1.34. The van der Waals surface area contributed by atoms with E-state index in [0.29, 0.717) is 10.8 Å². The van der Waals surface area contributed by atoms with E-state index in [-0.39, 0.29) is 11.2 Å². The predicted octanol–water partition coefficient (Wildman–Crippen LogP) is 2.98. The number of non-ortho nitro benzene ring substituents is 1. The van der Waals surface area contributed by atoms with Gasteiger partial charge in [0.15, 0.2) is 0 Å². The van der Waals surface area contributed by atoms with E-state index in [1.54, 1.807) is 0 Å². The lowest BCUT2D eigenvalue weighted by Gasteiger charge is -2.03. The first-order valence-electron chi connectivity index (χ1n) is 3.28. The first-order valence-corrected chi connectivity index (χ1v) is 4.78. The van der Waals surface area contributed by atoms with Crippen LogP contribution in [-0.4, -0.2) is 10.4 Å². The Kier molecular flexibility index (Phi) is 3.50. The Balaban J connectivity index is 3.03. The Morgan fingerprint density at radius 2 is 2.31 bits per heavy atom. The number of halogens is 2. The fraction of sp³-hybridized carbons (Fsp3) is 0.143. The quantitative estimate of drug-likeness (QED) is 0.480. The second-order valence-corrected chi connectivity index (χ2v) is 2.99. The molecule has 70 valence electrons. The summed E-state index contributed by atoms with van der Waals surface area (Å²) >= 11 is 8.74. The second-order valence-electron chi connectivity index (χ2n) is 2.13. The van der Waals surface area contributed by atoms with Crippen LogP contribution in [0, 0.1) is 10.1 Å². The summed E-state index contributed by atoms with van der Waals surface area (Å²) in [7, 11) is 0. The van der Waals surface area contributed by atoms with Crippen LogP contribution in [-0.2, 0) is 0 Å². The number of nitro benzene ring substituents is 1. The van der Waals surface area contributed by atoms with E-state index in [1.807, 2.05) is 0 Å². The van der Waals surface area contributed by atoms with Crippen molar-refractivity contribution in [3.8, 4) is 5.75 Å². The number of benzene rings is 1. The van der Waals surface area contributed by atoms with E-state index in [2.05, 4.69) is 15.9 Å². The lowest BCUT2D eigenvalue weighted by molar-refractivity contribution is -0.384. The fourth-order valence-electron chi connectivity index (χ4n) is 0.775. The molecule has 0 unspecified atom stereocenters. The highest BCUT2D eigenvalue weighted by molar-refractivity contribution is 9.09. The van der Waals surface area contributed by atoms with Crippen molar-refractivity contribution >= 4 is 33.2 Å². The van der Waals surface area contributed by atoms with E-state index < -0.39 is 4.92 Å². The molecule has 1 aromatic rings. The van der Waals surface area contributed by atoms with Gasteiger partial charge in [0.2, 0.25) is 0 Å². The molecule has 1 aromatic carbocycles. The molecule has 0 aliphatic carbocycles. The molecule has 4 nitrogen and oxygen atoms in total. The maximum absolute atomic E-state index is 10.4. The zero-order valence-electron chi connectivity index (χ0n) is 6.37. The average Bonchev–Trinajstić information content (AvgIpc) is 2.08. The van der Waals surface area contributed by atoms with Crippen LogP contribution in [0.2, 0.25) is 5.02 Å². The van der Waals surface area contributed by atoms with Gasteiger partial charge in [-0.3, -0.25) is 10.1 Å². The van der Waals surface area contributed by atoms with Gasteiger partial charge in [0.05, 0.1) is 16.0 Å². The van der Waals surface area contributed by atoms with Crippen LogP contribution >= 0.6 is 27.5 Å². The molecule has 0 spiro atoms. The van der Waals surface area contributed by atoms with Crippen molar-refractivity contribution < 1.29 is 9.66 Å². The van der Waals surface area contributed by atoms with Crippen LogP contribution in [0.15, 0.2) is 18.2 Å². The van der Waals surface area contributed by atoms with Crippen molar-refractivity contribution in [1.29, 1.82) is 0 Å². The number of alkyl halides is 1. The van der Waals surface area contributed by atoms with Gasteiger partial charge in [0, 0.05) is 6.07 Å². The molecule has 0 fully saturated rings. The molecule has 0 saturated heterocycles. The van der Waals surface area contributed by atoms with Crippen LogP contribution in [0.4, 0.5) is 5.69 Å². The third kappa shape index (κ3) is 2.57. The summed E-state index contributed by atoms with van der Waals surface area (Å²) in [5.74, 6) is 0.299. The minimum Gasteiger partial charge on any atom is -0.481 e. The van der Waals surface area contributed by atoms with Gasteiger partial charge in [-0.1, -0.05) is 11.6 Å². The first kappa shape index (κ1) is 10.3. The summed E-state index contributed by atoms with van der Waals surface area (Å²) in [5, 5.41) is 10.7. The topological polar surface area (TPSA) is 52.4 Å². The summed E-state index contributed by atoms with van der Waals surface area (Å²) in [6.07, 6.45) is 0. The van der Waals surface area contributed by atoms with Gasteiger partial charge in [0.1, 0.15) is 11.3 Å². The molecule has 0 N–H and O–H groups in total. The van der Waals surface area contributed by atoms with Gasteiger partial charge in [0.25, 0.3) is 5.69 Å². The zero-order chi connectivity index (χ0) is 9.84. The van der Waals surface area contributed by atoms with Gasteiger partial charge in [-0.15, -0.1) is 0 Å². The lowest BCUT2D eigenvalue weighted by Crippen LogP contribution is -1.92. The largest absolute Gasteiger partial charge is 0.481 e. The fourth-order valence-corrected chi connectivity index (χ4v) is 1.19. The molecule has 0 aromatic heterocycles. The molecule has 0 atom stereocenters. The molecule has 0 aliphatic rings. The van der Waals surface area contributed by atoms with Gasteiger partial charge in [-0.2, -0.15) is 0 Å². The van der Waals surface area contributed by atoms with Crippen LogP contribution in [0.5, 0.6) is 5.75 Å². The normalized spacial score (nSPS) is 9.69. The van der Waals surface area contributed by atoms with E-state index >= 15 is 0 Å². The Hall–Kier alpha value is -0.810. The highest BCUT2D eigenvalue weighted by Gasteiger charge is 2.09.